The summed E-state index contributed by atoms with van der Waals surface area (Å²) in [6.45, 7) is 5.02. The SMILES string of the molecule is CCCOc1ccc(OC2CCCCC2NC(=O)C(C)CN)cc1. The Hall–Kier alpha value is -1.75. The maximum absolute atomic E-state index is 12.1. The van der Waals surface area contributed by atoms with E-state index in [4.69, 9.17) is 15.2 Å². The van der Waals surface area contributed by atoms with Crippen LogP contribution in [-0.2, 0) is 4.79 Å². The highest BCUT2D eigenvalue weighted by Crippen LogP contribution is 2.25. The first-order valence-electron chi connectivity index (χ1n) is 9.04. The van der Waals surface area contributed by atoms with Crippen LogP contribution in [0.25, 0.3) is 0 Å². The number of nitrogens with one attached hydrogen (secondary N) is 1. The fraction of sp³-hybridized carbons (Fsp3) is 0.632. The molecular weight excluding hydrogens is 304 g/mol. The molecule has 2 rings (SSSR count). The van der Waals surface area contributed by atoms with Gasteiger partial charge in [-0.2, -0.15) is 0 Å². The molecule has 1 aromatic rings. The van der Waals surface area contributed by atoms with E-state index < -0.39 is 0 Å². The van der Waals surface area contributed by atoms with Gasteiger partial charge >= 0.3 is 0 Å². The van der Waals surface area contributed by atoms with Crippen molar-refractivity contribution in [3.63, 3.8) is 0 Å². The smallest absolute Gasteiger partial charge is 0.224 e. The lowest BCUT2D eigenvalue weighted by Gasteiger charge is -2.33. The predicted molar refractivity (Wildman–Crippen MR) is 95.3 cm³/mol. The molecule has 0 heterocycles. The highest BCUT2D eigenvalue weighted by Gasteiger charge is 2.29. The zero-order valence-electron chi connectivity index (χ0n) is 14.8. The second-order valence-electron chi connectivity index (χ2n) is 6.51. The number of hydrogen-bond donors (Lipinski definition) is 2. The van der Waals surface area contributed by atoms with E-state index in [0.29, 0.717) is 6.54 Å². The quantitative estimate of drug-likeness (QED) is 0.767. The molecule has 0 bridgehead atoms. The zero-order valence-corrected chi connectivity index (χ0v) is 14.8. The Morgan fingerprint density at radius 1 is 1.25 bits per heavy atom. The molecule has 134 valence electrons. The molecule has 0 spiro atoms. The van der Waals surface area contributed by atoms with E-state index in [1.807, 2.05) is 31.2 Å². The van der Waals surface area contributed by atoms with Crippen molar-refractivity contribution in [3.8, 4) is 11.5 Å². The molecular formula is C19H30N2O3. The number of nitrogens with two attached hydrogens (primary N) is 1. The Balaban J connectivity index is 1.93. The molecule has 1 aliphatic rings. The van der Waals surface area contributed by atoms with Crippen molar-refractivity contribution in [2.75, 3.05) is 13.2 Å². The van der Waals surface area contributed by atoms with Gasteiger partial charge in [0.05, 0.1) is 12.6 Å². The first kappa shape index (κ1) is 18.6. The summed E-state index contributed by atoms with van der Waals surface area (Å²) in [5.74, 6) is 1.52. The van der Waals surface area contributed by atoms with Crippen LogP contribution in [0.15, 0.2) is 24.3 Å². The number of carbonyl (C=O) groups is 1. The summed E-state index contributed by atoms with van der Waals surface area (Å²) in [6, 6.07) is 7.77. The van der Waals surface area contributed by atoms with Crippen molar-refractivity contribution >= 4 is 5.91 Å². The molecule has 0 saturated heterocycles. The van der Waals surface area contributed by atoms with Gasteiger partial charge in [-0.05, 0) is 49.9 Å². The number of ether oxygens (including phenoxy) is 2. The fourth-order valence-electron chi connectivity index (χ4n) is 2.84. The monoisotopic (exact) mass is 334 g/mol. The van der Waals surface area contributed by atoms with Crippen LogP contribution in [0.5, 0.6) is 11.5 Å². The average Bonchev–Trinajstić information content (AvgIpc) is 2.62. The second kappa shape index (κ2) is 9.52. The minimum atomic E-state index is -0.164. The summed E-state index contributed by atoms with van der Waals surface area (Å²) in [4.78, 5) is 12.1. The van der Waals surface area contributed by atoms with Gasteiger partial charge in [0.2, 0.25) is 5.91 Å². The van der Waals surface area contributed by atoms with Gasteiger partial charge in [-0.3, -0.25) is 4.79 Å². The molecule has 3 unspecified atom stereocenters. The highest BCUT2D eigenvalue weighted by atomic mass is 16.5. The van der Waals surface area contributed by atoms with Gasteiger partial charge in [-0.15, -0.1) is 0 Å². The summed E-state index contributed by atoms with van der Waals surface area (Å²) in [6.07, 6.45) is 5.15. The first-order chi connectivity index (χ1) is 11.6. The molecule has 1 saturated carbocycles. The van der Waals surface area contributed by atoms with E-state index in [9.17, 15) is 4.79 Å². The van der Waals surface area contributed by atoms with Gasteiger partial charge in [-0.25, -0.2) is 0 Å². The Kier molecular flexibility index (Phi) is 7.37. The van der Waals surface area contributed by atoms with Crippen LogP contribution >= 0.6 is 0 Å². The summed E-state index contributed by atoms with van der Waals surface area (Å²) in [7, 11) is 0. The summed E-state index contributed by atoms with van der Waals surface area (Å²) >= 11 is 0. The van der Waals surface area contributed by atoms with E-state index >= 15 is 0 Å². The molecule has 5 nitrogen and oxygen atoms in total. The maximum Gasteiger partial charge on any atom is 0.224 e. The van der Waals surface area contributed by atoms with Crippen LogP contribution in [0.1, 0.15) is 46.0 Å². The Morgan fingerprint density at radius 2 is 1.92 bits per heavy atom. The van der Waals surface area contributed by atoms with E-state index in [1.165, 1.54) is 0 Å². The number of amides is 1. The summed E-state index contributed by atoms with van der Waals surface area (Å²) in [5, 5.41) is 3.11. The first-order valence-corrected chi connectivity index (χ1v) is 9.04. The van der Waals surface area contributed by atoms with Crippen LogP contribution in [-0.4, -0.2) is 31.2 Å². The predicted octanol–water partition coefficient (Wildman–Crippen LogP) is 2.88. The van der Waals surface area contributed by atoms with Crippen molar-refractivity contribution in [2.45, 2.75) is 58.1 Å². The Morgan fingerprint density at radius 3 is 2.58 bits per heavy atom. The van der Waals surface area contributed by atoms with Gasteiger partial charge in [0.15, 0.2) is 0 Å². The zero-order chi connectivity index (χ0) is 17.4. The molecule has 3 atom stereocenters. The number of benzene rings is 1. The third kappa shape index (κ3) is 5.41. The number of rotatable bonds is 8. The summed E-state index contributed by atoms with van der Waals surface area (Å²) in [5.41, 5.74) is 5.58. The third-order valence-electron chi connectivity index (χ3n) is 4.42. The maximum atomic E-state index is 12.1. The van der Waals surface area contributed by atoms with E-state index in [-0.39, 0.29) is 24.0 Å². The summed E-state index contributed by atoms with van der Waals surface area (Å²) < 4.78 is 11.7. The van der Waals surface area contributed by atoms with Crippen LogP contribution in [0, 0.1) is 5.92 Å². The Labute approximate surface area is 144 Å². The van der Waals surface area contributed by atoms with Crippen LogP contribution in [0.4, 0.5) is 0 Å². The minimum Gasteiger partial charge on any atom is -0.494 e. The van der Waals surface area contributed by atoms with Gasteiger partial charge in [0.25, 0.3) is 0 Å². The van der Waals surface area contributed by atoms with Crippen LogP contribution < -0.4 is 20.5 Å². The molecule has 1 fully saturated rings. The van der Waals surface area contributed by atoms with E-state index in [1.54, 1.807) is 0 Å². The standard InChI is InChI=1S/C19H30N2O3/c1-3-12-23-15-8-10-16(11-9-15)24-18-7-5-4-6-17(18)21-19(22)14(2)13-20/h8-11,14,17-18H,3-7,12-13,20H2,1-2H3,(H,21,22). The van der Waals surface area contributed by atoms with E-state index in [0.717, 1.165) is 50.2 Å². The van der Waals surface area contributed by atoms with Gasteiger partial charge in [0.1, 0.15) is 17.6 Å². The molecule has 0 radical (unpaired) electrons. The van der Waals surface area contributed by atoms with Crippen molar-refractivity contribution in [1.29, 1.82) is 0 Å². The average molecular weight is 334 g/mol. The van der Waals surface area contributed by atoms with Gasteiger partial charge in [0, 0.05) is 12.5 Å². The van der Waals surface area contributed by atoms with Crippen LogP contribution in [0.3, 0.4) is 0 Å². The molecule has 3 N–H and O–H groups in total. The van der Waals surface area contributed by atoms with Crippen molar-refractivity contribution in [3.05, 3.63) is 24.3 Å². The van der Waals surface area contributed by atoms with E-state index in [2.05, 4.69) is 12.2 Å². The molecule has 0 aromatic heterocycles. The lowest BCUT2D eigenvalue weighted by Crippen LogP contribution is -2.49. The Bertz CT molecular complexity index is 504. The number of hydrogen-bond acceptors (Lipinski definition) is 4. The van der Waals surface area contributed by atoms with Gasteiger partial charge in [-0.1, -0.05) is 20.3 Å². The molecule has 5 heteroatoms. The van der Waals surface area contributed by atoms with Gasteiger partial charge < -0.3 is 20.5 Å². The molecule has 0 aliphatic heterocycles. The molecule has 1 aliphatic carbocycles. The topological polar surface area (TPSA) is 73.6 Å². The lowest BCUT2D eigenvalue weighted by atomic mass is 9.92. The normalized spacial score (nSPS) is 21.8. The minimum absolute atomic E-state index is 0.00934. The van der Waals surface area contributed by atoms with Crippen molar-refractivity contribution in [1.82, 2.24) is 5.32 Å². The van der Waals surface area contributed by atoms with Crippen LogP contribution in [0.2, 0.25) is 0 Å². The lowest BCUT2D eigenvalue weighted by molar-refractivity contribution is -0.126. The largest absolute Gasteiger partial charge is 0.494 e. The number of carbonyl (C=O) groups excluding carboxylic acids is 1. The molecule has 1 amide bonds. The van der Waals surface area contributed by atoms with Crippen molar-refractivity contribution < 1.29 is 14.3 Å². The third-order valence-corrected chi connectivity index (χ3v) is 4.42. The molecule has 1 aromatic carbocycles. The highest BCUT2D eigenvalue weighted by molar-refractivity contribution is 5.78. The fourth-order valence-corrected chi connectivity index (χ4v) is 2.84. The second-order valence-corrected chi connectivity index (χ2v) is 6.51. The van der Waals surface area contributed by atoms with Crippen molar-refractivity contribution in [2.24, 2.45) is 11.7 Å². The molecule has 24 heavy (non-hydrogen) atoms.